The number of benzene rings is 2. The largest absolute Gasteiger partial charge is 0.383 e. The molecular weight excluding hydrogens is 434 g/mol. The van der Waals surface area contributed by atoms with Crippen molar-refractivity contribution in [2.24, 2.45) is 0 Å². The van der Waals surface area contributed by atoms with Crippen molar-refractivity contribution in [3.63, 3.8) is 0 Å². The second kappa shape index (κ2) is 10.3. The lowest BCUT2D eigenvalue weighted by Crippen LogP contribution is -2.35. The highest BCUT2D eigenvalue weighted by atomic mass is 35.5. The smallest absolute Gasteiger partial charge is 0.288 e. The number of carbonyl (C=O) groups is 1. The predicted octanol–water partition coefficient (Wildman–Crippen LogP) is 3.21. The van der Waals surface area contributed by atoms with E-state index in [1.54, 1.807) is 6.92 Å². The summed E-state index contributed by atoms with van der Waals surface area (Å²) in [7, 11) is -2.23. The molecule has 0 radical (unpaired) electrons. The van der Waals surface area contributed by atoms with Gasteiger partial charge in [-0.1, -0.05) is 17.7 Å². The number of hydrogen-bond acceptors (Lipinski definition) is 6. The third-order valence-corrected chi connectivity index (χ3v) is 5.72. The van der Waals surface area contributed by atoms with Crippen molar-refractivity contribution in [3.05, 3.63) is 69.2 Å². The number of halogens is 1. The Morgan fingerprint density at radius 2 is 1.93 bits per heavy atom. The van der Waals surface area contributed by atoms with Crippen molar-refractivity contribution >= 4 is 45.0 Å². The topological polar surface area (TPSA) is 128 Å². The standard InChI is InChI=1S/C19H20ClN3O6S/c1-13(12-29-2)22-30(27,28)16-7-5-15(6-8-16)21-19(24)10-4-14-3-9-17(20)18(11-14)23(25)26/h3-11,13,22H,12H2,1-2H3,(H,21,24). The molecule has 0 saturated heterocycles. The third kappa shape index (κ3) is 6.63. The number of nitro groups is 1. The second-order valence-electron chi connectivity index (χ2n) is 6.29. The van der Waals surface area contributed by atoms with Crippen LogP contribution in [0, 0.1) is 10.1 Å². The van der Waals surface area contributed by atoms with E-state index in [4.69, 9.17) is 16.3 Å². The van der Waals surface area contributed by atoms with Gasteiger partial charge in [-0.2, -0.15) is 0 Å². The number of ether oxygens (including phenoxy) is 1. The fraction of sp³-hybridized carbons (Fsp3) is 0.211. The molecule has 0 aliphatic heterocycles. The van der Waals surface area contributed by atoms with Crippen LogP contribution in [0.4, 0.5) is 11.4 Å². The maximum atomic E-state index is 12.3. The van der Waals surface area contributed by atoms with Gasteiger partial charge in [-0.3, -0.25) is 14.9 Å². The third-order valence-electron chi connectivity index (χ3n) is 3.80. The van der Waals surface area contributed by atoms with Gasteiger partial charge in [0, 0.05) is 31.0 Å². The number of sulfonamides is 1. The van der Waals surface area contributed by atoms with Crippen LogP contribution in [-0.4, -0.2) is 39.0 Å². The van der Waals surface area contributed by atoms with Crippen LogP contribution in [-0.2, 0) is 19.6 Å². The Balaban J connectivity index is 2.03. The first-order valence-corrected chi connectivity index (χ1v) is 10.5. The van der Waals surface area contributed by atoms with E-state index >= 15 is 0 Å². The van der Waals surface area contributed by atoms with Gasteiger partial charge in [0.15, 0.2) is 0 Å². The van der Waals surface area contributed by atoms with E-state index in [9.17, 15) is 23.3 Å². The van der Waals surface area contributed by atoms with Crippen LogP contribution in [0.1, 0.15) is 12.5 Å². The first-order valence-electron chi connectivity index (χ1n) is 8.66. The number of amides is 1. The Kier molecular flexibility index (Phi) is 8.07. The van der Waals surface area contributed by atoms with Gasteiger partial charge in [-0.25, -0.2) is 13.1 Å². The minimum absolute atomic E-state index is 0.00254. The molecule has 11 heteroatoms. The summed E-state index contributed by atoms with van der Waals surface area (Å²) in [5, 5.41) is 13.5. The van der Waals surface area contributed by atoms with E-state index in [0.717, 1.165) is 0 Å². The molecule has 160 valence electrons. The molecule has 9 nitrogen and oxygen atoms in total. The maximum absolute atomic E-state index is 12.3. The zero-order valence-corrected chi connectivity index (χ0v) is 17.7. The highest BCUT2D eigenvalue weighted by molar-refractivity contribution is 7.89. The van der Waals surface area contributed by atoms with Gasteiger partial charge in [0.2, 0.25) is 15.9 Å². The first-order chi connectivity index (χ1) is 14.1. The fourth-order valence-electron chi connectivity index (χ4n) is 2.46. The first kappa shape index (κ1) is 23.5. The molecule has 2 aromatic rings. The summed E-state index contributed by atoms with van der Waals surface area (Å²) >= 11 is 5.75. The van der Waals surface area contributed by atoms with E-state index in [2.05, 4.69) is 10.0 Å². The van der Waals surface area contributed by atoms with Crippen molar-refractivity contribution in [1.82, 2.24) is 4.72 Å². The molecule has 1 amide bonds. The molecule has 1 atom stereocenters. The number of anilines is 1. The van der Waals surface area contributed by atoms with Crippen LogP contribution in [0.15, 0.2) is 53.4 Å². The van der Waals surface area contributed by atoms with Crippen molar-refractivity contribution < 1.29 is 22.9 Å². The van der Waals surface area contributed by atoms with Gasteiger partial charge in [-0.15, -0.1) is 0 Å². The summed E-state index contributed by atoms with van der Waals surface area (Å²) in [6.45, 7) is 1.91. The Hall–Kier alpha value is -2.79. The zero-order valence-electron chi connectivity index (χ0n) is 16.2. The molecule has 0 heterocycles. The minimum atomic E-state index is -3.71. The van der Waals surface area contributed by atoms with Gasteiger partial charge in [-0.05, 0) is 48.9 Å². The van der Waals surface area contributed by atoms with E-state index in [0.29, 0.717) is 11.3 Å². The highest BCUT2D eigenvalue weighted by Crippen LogP contribution is 2.25. The molecule has 2 aromatic carbocycles. The lowest BCUT2D eigenvalue weighted by Gasteiger charge is -2.13. The molecule has 0 aromatic heterocycles. The number of nitro benzene ring substituents is 1. The number of nitrogens with zero attached hydrogens (tertiary/aromatic N) is 1. The van der Waals surface area contributed by atoms with Crippen molar-refractivity contribution in [2.75, 3.05) is 19.0 Å². The second-order valence-corrected chi connectivity index (χ2v) is 8.41. The molecule has 0 spiro atoms. The van der Waals surface area contributed by atoms with E-state index in [1.807, 2.05) is 0 Å². The average Bonchev–Trinajstić information content (AvgIpc) is 2.67. The molecule has 0 saturated carbocycles. The Morgan fingerprint density at radius 3 is 2.53 bits per heavy atom. The Morgan fingerprint density at radius 1 is 1.27 bits per heavy atom. The van der Waals surface area contributed by atoms with Crippen molar-refractivity contribution in [3.8, 4) is 0 Å². The highest BCUT2D eigenvalue weighted by Gasteiger charge is 2.17. The molecular formula is C19H20ClN3O6S. The number of nitrogens with one attached hydrogen (secondary N) is 2. The summed E-state index contributed by atoms with van der Waals surface area (Å²) in [6, 6.07) is 9.40. The quantitative estimate of drug-likeness (QED) is 0.341. The van der Waals surface area contributed by atoms with E-state index in [1.165, 1.54) is 61.7 Å². The van der Waals surface area contributed by atoms with Crippen LogP contribution in [0.25, 0.3) is 6.08 Å². The average molecular weight is 454 g/mol. The molecule has 1 unspecified atom stereocenters. The SMILES string of the molecule is COCC(C)NS(=O)(=O)c1ccc(NC(=O)C=Cc2ccc(Cl)c([N+](=O)[O-])c2)cc1. The van der Waals surface area contributed by atoms with Gasteiger partial charge in [0.25, 0.3) is 5.69 Å². The van der Waals surface area contributed by atoms with Gasteiger partial charge >= 0.3 is 0 Å². The molecule has 0 aliphatic rings. The van der Waals surface area contributed by atoms with Crippen molar-refractivity contribution in [2.45, 2.75) is 17.9 Å². The number of hydrogen-bond donors (Lipinski definition) is 2. The fourth-order valence-corrected chi connectivity index (χ4v) is 3.88. The monoisotopic (exact) mass is 453 g/mol. The number of rotatable bonds is 9. The Labute approximate surface area is 178 Å². The van der Waals surface area contributed by atoms with Crippen LogP contribution in [0.3, 0.4) is 0 Å². The molecule has 2 rings (SSSR count). The molecule has 0 fully saturated rings. The van der Waals surface area contributed by atoms with Gasteiger partial charge in [0.1, 0.15) is 5.02 Å². The lowest BCUT2D eigenvalue weighted by atomic mass is 10.2. The summed E-state index contributed by atoms with van der Waals surface area (Å²) in [6.07, 6.45) is 2.60. The summed E-state index contributed by atoms with van der Waals surface area (Å²) in [5.41, 5.74) is 0.555. The molecule has 0 bridgehead atoms. The summed E-state index contributed by atoms with van der Waals surface area (Å²) < 4.78 is 32.0. The lowest BCUT2D eigenvalue weighted by molar-refractivity contribution is -0.384. The van der Waals surface area contributed by atoms with Gasteiger partial charge in [0.05, 0.1) is 16.4 Å². The van der Waals surface area contributed by atoms with Crippen LogP contribution >= 0.6 is 11.6 Å². The van der Waals surface area contributed by atoms with Crippen LogP contribution in [0.5, 0.6) is 0 Å². The van der Waals surface area contributed by atoms with E-state index < -0.39 is 26.9 Å². The molecule has 30 heavy (non-hydrogen) atoms. The van der Waals surface area contributed by atoms with E-state index in [-0.39, 0.29) is 22.2 Å². The summed E-state index contributed by atoms with van der Waals surface area (Å²) in [5.74, 6) is -0.491. The van der Waals surface area contributed by atoms with Gasteiger partial charge < -0.3 is 10.1 Å². The van der Waals surface area contributed by atoms with Crippen molar-refractivity contribution in [1.29, 1.82) is 0 Å². The molecule has 2 N–H and O–H groups in total. The minimum Gasteiger partial charge on any atom is -0.383 e. The molecule has 0 aliphatic carbocycles. The van der Waals surface area contributed by atoms with Crippen LogP contribution in [0.2, 0.25) is 5.02 Å². The zero-order chi connectivity index (χ0) is 22.3. The summed E-state index contributed by atoms with van der Waals surface area (Å²) in [4.78, 5) is 22.4. The maximum Gasteiger partial charge on any atom is 0.288 e. The number of carbonyl (C=O) groups excluding carboxylic acids is 1. The Bertz CT molecular complexity index is 1050. The predicted molar refractivity (Wildman–Crippen MR) is 114 cm³/mol. The number of methoxy groups -OCH3 is 1. The normalized spacial score (nSPS) is 12.6. The van der Waals surface area contributed by atoms with Crippen LogP contribution < -0.4 is 10.0 Å².